The summed E-state index contributed by atoms with van der Waals surface area (Å²) in [5.41, 5.74) is 6.29. The van der Waals surface area contributed by atoms with Crippen LogP contribution in [0.5, 0.6) is 0 Å². The summed E-state index contributed by atoms with van der Waals surface area (Å²) < 4.78 is 9.25. The molecule has 1 saturated heterocycles. The molecule has 1 aliphatic heterocycles. The molecule has 0 spiro atoms. The van der Waals surface area contributed by atoms with Crippen LogP contribution in [0.4, 0.5) is 0 Å². The highest BCUT2D eigenvalue weighted by atomic mass is 32.1. The van der Waals surface area contributed by atoms with Gasteiger partial charge in [0, 0.05) is 30.6 Å². The quantitative estimate of drug-likeness (QED) is 0.787. The zero-order valence-corrected chi connectivity index (χ0v) is 9.26. The zero-order chi connectivity index (χ0) is 10.7. The molecule has 5 heteroatoms. The molecule has 0 aromatic carbocycles. The van der Waals surface area contributed by atoms with Crippen molar-refractivity contribution in [2.24, 2.45) is 5.73 Å². The second kappa shape index (κ2) is 4.38. The van der Waals surface area contributed by atoms with E-state index in [-0.39, 0.29) is 11.3 Å². The van der Waals surface area contributed by atoms with Crippen LogP contribution in [0.3, 0.4) is 0 Å². The monoisotopic (exact) mass is 226 g/mol. The maximum absolute atomic E-state index is 11.8. The standard InChI is InChI=1S/C10H14N2O2S/c11-10(2-4-14-5-3-10)7-9(13)8-1-6-15-12-8/h1,6H,2-5,7,11H2. The van der Waals surface area contributed by atoms with Crippen molar-refractivity contribution < 1.29 is 9.53 Å². The lowest BCUT2D eigenvalue weighted by Crippen LogP contribution is -2.46. The Bertz CT molecular complexity index is 331. The van der Waals surface area contributed by atoms with Gasteiger partial charge in [0.1, 0.15) is 5.69 Å². The van der Waals surface area contributed by atoms with Gasteiger partial charge >= 0.3 is 0 Å². The number of Topliss-reactive ketones (excluding diaryl/α,β-unsaturated/α-hetero) is 1. The third-order valence-electron chi connectivity index (χ3n) is 2.72. The predicted molar refractivity (Wildman–Crippen MR) is 58.0 cm³/mol. The average Bonchev–Trinajstić information content (AvgIpc) is 2.70. The van der Waals surface area contributed by atoms with Crippen LogP contribution in [0.15, 0.2) is 11.4 Å². The molecule has 2 heterocycles. The van der Waals surface area contributed by atoms with Crippen LogP contribution >= 0.6 is 11.5 Å². The second-order valence-electron chi connectivity index (χ2n) is 3.96. The van der Waals surface area contributed by atoms with Crippen LogP contribution < -0.4 is 5.73 Å². The molecule has 0 amide bonds. The molecule has 0 unspecified atom stereocenters. The Morgan fingerprint density at radius 2 is 2.33 bits per heavy atom. The van der Waals surface area contributed by atoms with Crippen molar-refractivity contribution in [1.29, 1.82) is 0 Å². The van der Waals surface area contributed by atoms with Gasteiger partial charge in [-0.15, -0.1) is 0 Å². The molecule has 1 aromatic rings. The van der Waals surface area contributed by atoms with Crippen LogP contribution in [-0.4, -0.2) is 28.9 Å². The topological polar surface area (TPSA) is 65.2 Å². The molecule has 0 saturated carbocycles. The first-order valence-electron chi connectivity index (χ1n) is 5.00. The second-order valence-corrected chi connectivity index (χ2v) is 4.62. The van der Waals surface area contributed by atoms with Crippen LogP contribution in [0.25, 0.3) is 0 Å². The Kier molecular flexibility index (Phi) is 3.14. The molecule has 2 rings (SSSR count). The Morgan fingerprint density at radius 1 is 1.60 bits per heavy atom. The number of ketones is 1. The smallest absolute Gasteiger partial charge is 0.184 e. The van der Waals surface area contributed by atoms with E-state index in [0.717, 1.165) is 12.8 Å². The summed E-state index contributed by atoms with van der Waals surface area (Å²) in [6.45, 7) is 1.31. The molecular weight excluding hydrogens is 212 g/mol. The van der Waals surface area contributed by atoms with E-state index in [1.54, 1.807) is 11.4 Å². The minimum absolute atomic E-state index is 0.0423. The molecule has 1 aliphatic rings. The number of hydrogen-bond donors (Lipinski definition) is 1. The maximum Gasteiger partial charge on any atom is 0.184 e. The molecule has 0 bridgehead atoms. The molecular formula is C10H14N2O2S. The van der Waals surface area contributed by atoms with Crippen molar-refractivity contribution in [3.63, 3.8) is 0 Å². The fourth-order valence-electron chi connectivity index (χ4n) is 1.72. The van der Waals surface area contributed by atoms with Crippen molar-refractivity contribution in [3.05, 3.63) is 17.1 Å². The molecule has 0 atom stereocenters. The molecule has 1 aromatic heterocycles. The number of aromatic nitrogens is 1. The fourth-order valence-corrected chi connectivity index (χ4v) is 2.25. The number of ether oxygens (including phenoxy) is 1. The Morgan fingerprint density at radius 3 is 2.93 bits per heavy atom. The van der Waals surface area contributed by atoms with E-state index in [1.165, 1.54) is 11.5 Å². The van der Waals surface area contributed by atoms with Crippen molar-refractivity contribution >= 4 is 17.3 Å². The van der Waals surface area contributed by atoms with Crippen molar-refractivity contribution in [2.75, 3.05) is 13.2 Å². The molecule has 4 nitrogen and oxygen atoms in total. The first-order valence-corrected chi connectivity index (χ1v) is 5.83. The van der Waals surface area contributed by atoms with E-state index in [2.05, 4.69) is 4.37 Å². The average molecular weight is 226 g/mol. The van der Waals surface area contributed by atoms with E-state index < -0.39 is 0 Å². The molecule has 1 fully saturated rings. The van der Waals surface area contributed by atoms with Gasteiger partial charge in [-0.1, -0.05) is 0 Å². The highest BCUT2D eigenvalue weighted by Crippen LogP contribution is 2.23. The summed E-state index contributed by atoms with van der Waals surface area (Å²) in [7, 11) is 0. The summed E-state index contributed by atoms with van der Waals surface area (Å²) in [6, 6.07) is 1.75. The molecule has 2 N–H and O–H groups in total. The summed E-state index contributed by atoms with van der Waals surface area (Å²) in [5.74, 6) is 0.0423. The first-order chi connectivity index (χ1) is 7.20. The van der Waals surface area contributed by atoms with Crippen LogP contribution in [0, 0.1) is 0 Å². The SMILES string of the molecule is NC1(CC(=O)c2ccsn2)CCOCC1. The number of nitrogens with zero attached hydrogens (tertiary/aromatic N) is 1. The minimum atomic E-state index is -0.390. The molecule has 0 radical (unpaired) electrons. The molecule has 0 aliphatic carbocycles. The van der Waals surface area contributed by atoms with Gasteiger partial charge in [0.15, 0.2) is 5.78 Å². The van der Waals surface area contributed by atoms with Crippen molar-refractivity contribution in [3.8, 4) is 0 Å². The van der Waals surface area contributed by atoms with Crippen LogP contribution in [-0.2, 0) is 4.74 Å². The van der Waals surface area contributed by atoms with E-state index in [0.29, 0.717) is 25.3 Å². The van der Waals surface area contributed by atoms with Crippen LogP contribution in [0.2, 0.25) is 0 Å². The lowest BCUT2D eigenvalue weighted by molar-refractivity contribution is 0.0480. The minimum Gasteiger partial charge on any atom is -0.381 e. The van der Waals surface area contributed by atoms with E-state index in [4.69, 9.17) is 10.5 Å². The van der Waals surface area contributed by atoms with E-state index in [9.17, 15) is 4.79 Å². The Labute approximate surface area is 92.6 Å². The van der Waals surface area contributed by atoms with Gasteiger partial charge in [0.05, 0.1) is 0 Å². The Balaban J connectivity index is 1.98. The lowest BCUT2D eigenvalue weighted by atomic mass is 9.85. The summed E-state index contributed by atoms with van der Waals surface area (Å²) in [5, 5.41) is 1.81. The lowest BCUT2D eigenvalue weighted by Gasteiger charge is -2.32. The first kappa shape index (κ1) is 10.7. The van der Waals surface area contributed by atoms with Crippen molar-refractivity contribution in [2.45, 2.75) is 24.8 Å². The van der Waals surface area contributed by atoms with E-state index in [1.807, 2.05) is 0 Å². The van der Waals surface area contributed by atoms with Gasteiger partial charge in [-0.2, -0.15) is 4.37 Å². The highest BCUT2D eigenvalue weighted by Gasteiger charge is 2.31. The van der Waals surface area contributed by atoms with Gasteiger partial charge in [0.2, 0.25) is 0 Å². The van der Waals surface area contributed by atoms with Gasteiger partial charge in [-0.25, -0.2) is 0 Å². The number of carbonyl (C=O) groups is 1. The number of hydrogen-bond acceptors (Lipinski definition) is 5. The third-order valence-corrected chi connectivity index (χ3v) is 3.28. The normalized spacial score (nSPS) is 20.1. The largest absolute Gasteiger partial charge is 0.381 e. The van der Waals surface area contributed by atoms with Gasteiger partial charge in [0.25, 0.3) is 0 Å². The zero-order valence-electron chi connectivity index (χ0n) is 8.44. The summed E-state index contributed by atoms with van der Waals surface area (Å²) >= 11 is 1.29. The number of carbonyl (C=O) groups excluding carboxylic acids is 1. The number of nitrogens with two attached hydrogens (primary N) is 1. The molecule has 82 valence electrons. The predicted octanol–water partition coefficient (Wildman–Crippen LogP) is 1.22. The summed E-state index contributed by atoms with van der Waals surface area (Å²) in [6.07, 6.45) is 1.88. The fraction of sp³-hybridized carbons (Fsp3) is 0.600. The summed E-state index contributed by atoms with van der Waals surface area (Å²) in [4.78, 5) is 11.8. The van der Waals surface area contributed by atoms with Gasteiger partial charge < -0.3 is 10.5 Å². The van der Waals surface area contributed by atoms with E-state index >= 15 is 0 Å². The van der Waals surface area contributed by atoms with Gasteiger partial charge in [-0.05, 0) is 30.4 Å². The Hall–Kier alpha value is -0.780. The maximum atomic E-state index is 11.8. The van der Waals surface area contributed by atoms with Crippen molar-refractivity contribution in [1.82, 2.24) is 4.37 Å². The third kappa shape index (κ3) is 2.62. The number of rotatable bonds is 3. The van der Waals surface area contributed by atoms with Gasteiger partial charge in [-0.3, -0.25) is 4.79 Å². The van der Waals surface area contributed by atoms with Crippen LogP contribution in [0.1, 0.15) is 29.8 Å². The highest BCUT2D eigenvalue weighted by molar-refractivity contribution is 7.03. The molecule has 15 heavy (non-hydrogen) atoms.